The van der Waals surface area contributed by atoms with Gasteiger partial charge in [-0.3, -0.25) is 9.59 Å². The Morgan fingerprint density at radius 1 is 0.970 bits per heavy atom. The van der Waals surface area contributed by atoms with Crippen LogP contribution in [0.15, 0.2) is 59.5 Å². The van der Waals surface area contributed by atoms with E-state index in [4.69, 9.17) is 11.6 Å². The lowest BCUT2D eigenvalue weighted by Crippen LogP contribution is -2.50. The van der Waals surface area contributed by atoms with Gasteiger partial charge >= 0.3 is 5.97 Å². The predicted molar refractivity (Wildman–Crippen MR) is 121 cm³/mol. The van der Waals surface area contributed by atoms with Crippen LogP contribution >= 0.6 is 11.6 Å². The van der Waals surface area contributed by atoms with Crippen molar-refractivity contribution in [3.8, 4) is 0 Å². The molecule has 1 heterocycles. The number of carboxylic acids is 1. The second kappa shape index (κ2) is 10.8. The zero-order chi connectivity index (χ0) is 24.0. The molecule has 0 bridgehead atoms. The van der Waals surface area contributed by atoms with Crippen molar-refractivity contribution in [1.82, 2.24) is 14.5 Å². The number of carbonyl (C=O) groups excluding carboxylic acids is 2. The number of halogens is 1. The van der Waals surface area contributed by atoms with Crippen LogP contribution in [0.3, 0.4) is 0 Å². The third kappa shape index (κ3) is 6.31. The van der Waals surface area contributed by atoms with Crippen LogP contribution in [0, 0.1) is 0 Å². The van der Waals surface area contributed by atoms with Crippen molar-refractivity contribution in [2.45, 2.75) is 23.8 Å². The molecule has 33 heavy (non-hydrogen) atoms. The zero-order valence-electron chi connectivity index (χ0n) is 17.7. The minimum atomic E-state index is -3.69. The number of rotatable bonds is 8. The van der Waals surface area contributed by atoms with Gasteiger partial charge in [0, 0.05) is 43.2 Å². The van der Waals surface area contributed by atoms with E-state index in [-0.39, 0.29) is 49.8 Å². The number of hydrogen-bond donors (Lipinski definition) is 2. The summed E-state index contributed by atoms with van der Waals surface area (Å²) < 4.78 is 26.8. The summed E-state index contributed by atoms with van der Waals surface area (Å²) in [6.45, 7) is 0.646. The Morgan fingerprint density at radius 3 is 2.15 bits per heavy atom. The summed E-state index contributed by atoms with van der Waals surface area (Å²) in [7, 11) is -3.69. The number of amides is 2. The van der Waals surface area contributed by atoms with Gasteiger partial charge in [0.1, 0.15) is 6.04 Å². The van der Waals surface area contributed by atoms with E-state index in [2.05, 4.69) is 5.32 Å². The average molecular weight is 494 g/mol. The molecular formula is C22H24ClN3O6S. The van der Waals surface area contributed by atoms with E-state index in [1.165, 1.54) is 33.5 Å². The van der Waals surface area contributed by atoms with Crippen molar-refractivity contribution in [2.24, 2.45) is 0 Å². The summed E-state index contributed by atoms with van der Waals surface area (Å²) >= 11 is 5.82. The highest BCUT2D eigenvalue weighted by molar-refractivity contribution is 7.89. The second-order valence-electron chi connectivity index (χ2n) is 7.51. The molecule has 9 nitrogen and oxygen atoms in total. The molecule has 1 atom stereocenters. The minimum absolute atomic E-state index is 0.0734. The topological polar surface area (TPSA) is 124 Å². The summed E-state index contributed by atoms with van der Waals surface area (Å²) in [5, 5.41) is 12.3. The normalized spacial score (nSPS) is 15.6. The molecule has 1 aliphatic rings. The SMILES string of the molecule is O=C(N[C@@H](CCC(=O)N1CCN(S(=O)(=O)c2ccc(Cl)cc2)CC1)C(=O)O)c1ccccc1. The highest BCUT2D eigenvalue weighted by Crippen LogP contribution is 2.20. The van der Waals surface area contributed by atoms with E-state index in [1.807, 2.05) is 0 Å². The number of hydrogen-bond acceptors (Lipinski definition) is 5. The van der Waals surface area contributed by atoms with Gasteiger partial charge < -0.3 is 15.3 Å². The fourth-order valence-electron chi connectivity index (χ4n) is 3.45. The molecule has 1 saturated heterocycles. The van der Waals surface area contributed by atoms with Crippen molar-refractivity contribution in [3.05, 3.63) is 65.2 Å². The predicted octanol–water partition coefficient (Wildman–Crippen LogP) is 1.84. The van der Waals surface area contributed by atoms with Gasteiger partial charge in [0.2, 0.25) is 15.9 Å². The van der Waals surface area contributed by atoms with Gasteiger partial charge in [-0.1, -0.05) is 29.8 Å². The van der Waals surface area contributed by atoms with Crippen molar-refractivity contribution in [3.63, 3.8) is 0 Å². The molecule has 1 fully saturated rings. The molecule has 0 aromatic heterocycles. The first-order valence-corrected chi connectivity index (χ1v) is 12.1. The van der Waals surface area contributed by atoms with Gasteiger partial charge in [-0.05, 0) is 42.8 Å². The number of piperazine rings is 1. The van der Waals surface area contributed by atoms with E-state index in [0.29, 0.717) is 10.6 Å². The van der Waals surface area contributed by atoms with Crippen LogP contribution in [0.5, 0.6) is 0 Å². The van der Waals surface area contributed by atoms with Gasteiger partial charge in [0.25, 0.3) is 5.91 Å². The van der Waals surface area contributed by atoms with Gasteiger partial charge in [0.15, 0.2) is 0 Å². The largest absolute Gasteiger partial charge is 0.480 e. The van der Waals surface area contributed by atoms with Crippen molar-refractivity contribution < 1.29 is 27.9 Å². The van der Waals surface area contributed by atoms with Crippen LogP contribution in [-0.2, 0) is 19.6 Å². The molecule has 11 heteroatoms. The quantitative estimate of drug-likeness (QED) is 0.578. The monoisotopic (exact) mass is 493 g/mol. The fourth-order valence-corrected chi connectivity index (χ4v) is 5.00. The number of carboxylic acid groups (broad SMARTS) is 1. The lowest BCUT2D eigenvalue weighted by atomic mass is 10.1. The molecule has 1 aliphatic heterocycles. The van der Waals surface area contributed by atoms with Crippen LogP contribution in [-0.4, -0.2) is 72.7 Å². The van der Waals surface area contributed by atoms with Crippen LogP contribution < -0.4 is 5.32 Å². The fraction of sp³-hybridized carbons (Fsp3) is 0.318. The Bertz CT molecular complexity index is 1100. The summed E-state index contributed by atoms with van der Waals surface area (Å²) in [4.78, 5) is 38.0. The molecule has 2 aromatic carbocycles. The van der Waals surface area contributed by atoms with Gasteiger partial charge in [0.05, 0.1) is 4.90 Å². The van der Waals surface area contributed by atoms with Crippen molar-refractivity contribution in [2.75, 3.05) is 26.2 Å². The molecule has 2 aromatic rings. The number of benzene rings is 2. The Morgan fingerprint density at radius 2 is 1.58 bits per heavy atom. The summed E-state index contributed by atoms with van der Waals surface area (Å²) in [6.07, 6.45) is -0.161. The number of nitrogens with one attached hydrogen (secondary N) is 1. The Labute approximate surface area is 197 Å². The number of aliphatic carboxylic acids is 1. The molecular weight excluding hydrogens is 470 g/mol. The maximum atomic E-state index is 12.8. The molecule has 2 N–H and O–H groups in total. The van der Waals surface area contributed by atoms with Gasteiger partial charge in [-0.25, -0.2) is 13.2 Å². The first-order valence-electron chi connectivity index (χ1n) is 10.3. The van der Waals surface area contributed by atoms with Crippen LogP contribution in [0.2, 0.25) is 5.02 Å². The molecule has 0 aliphatic carbocycles. The van der Waals surface area contributed by atoms with Crippen LogP contribution in [0.4, 0.5) is 0 Å². The second-order valence-corrected chi connectivity index (χ2v) is 9.88. The molecule has 0 spiro atoms. The highest BCUT2D eigenvalue weighted by Gasteiger charge is 2.30. The Kier molecular flexibility index (Phi) is 8.06. The van der Waals surface area contributed by atoms with Gasteiger partial charge in [-0.2, -0.15) is 4.31 Å². The van der Waals surface area contributed by atoms with E-state index in [0.717, 1.165) is 0 Å². The minimum Gasteiger partial charge on any atom is -0.480 e. The Hall–Kier alpha value is -2.95. The van der Waals surface area contributed by atoms with Crippen molar-refractivity contribution >= 4 is 39.4 Å². The highest BCUT2D eigenvalue weighted by atomic mass is 35.5. The van der Waals surface area contributed by atoms with E-state index >= 15 is 0 Å². The zero-order valence-corrected chi connectivity index (χ0v) is 19.3. The number of nitrogens with zero attached hydrogens (tertiary/aromatic N) is 2. The van der Waals surface area contributed by atoms with Crippen molar-refractivity contribution in [1.29, 1.82) is 0 Å². The number of sulfonamides is 1. The summed E-state index contributed by atoms with van der Waals surface area (Å²) in [5.74, 6) is -2.05. The average Bonchev–Trinajstić information content (AvgIpc) is 2.82. The molecule has 176 valence electrons. The smallest absolute Gasteiger partial charge is 0.326 e. The maximum absolute atomic E-state index is 12.8. The molecule has 0 saturated carbocycles. The first kappa shape index (κ1) is 24.7. The van der Waals surface area contributed by atoms with Crippen LogP contribution in [0.25, 0.3) is 0 Å². The molecule has 2 amide bonds. The van der Waals surface area contributed by atoms with Gasteiger partial charge in [-0.15, -0.1) is 0 Å². The number of carbonyl (C=O) groups is 3. The van der Waals surface area contributed by atoms with E-state index in [1.54, 1.807) is 30.3 Å². The molecule has 3 rings (SSSR count). The van der Waals surface area contributed by atoms with E-state index < -0.39 is 27.9 Å². The third-order valence-electron chi connectivity index (χ3n) is 5.33. The maximum Gasteiger partial charge on any atom is 0.326 e. The lowest BCUT2D eigenvalue weighted by Gasteiger charge is -2.34. The standard InChI is InChI=1S/C22H24ClN3O6S/c23-17-6-8-18(9-7-17)33(31,32)26-14-12-25(13-15-26)20(27)11-10-19(22(29)30)24-21(28)16-4-2-1-3-5-16/h1-9,19H,10-15H2,(H,24,28)(H,29,30)/t19-/m0/s1. The van der Waals surface area contributed by atoms with Crippen LogP contribution in [0.1, 0.15) is 23.2 Å². The molecule has 0 unspecified atom stereocenters. The lowest BCUT2D eigenvalue weighted by molar-refractivity contribution is -0.139. The first-order chi connectivity index (χ1) is 15.7. The summed E-state index contributed by atoms with van der Waals surface area (Å²) in [5.41, 5.74) is 0.327. The summed E-state index contributed by atoms with van der Waals surface area (Å²) in [6, 6.07) is 12.9. The Balaban J connectivity index is 1.52. The third-order valence-corrected chi connectivity index (χ3v) is 7.49. The van der Waals surface area contributed by atoms with E-state index in [9.17, 15) is 27.9 Å². The molecule has 0 radical (unpaired) electrons.